The Labute approximate surface area is 169 Å². The van der Waals surface area contributed by atoms with Gasteiger partial charge in [0.05, 0.1) is 37.8 Å². The number of carbonyl (C=O) groups is 1. The third-order valence-electron chi connectivity index (χ3n) is 5.58. The van der Waals surface area contributed by atoms with Crippen LogP contribution in [0.3, 0.4) is 0 Å². The van der Waals surface area contributed by atoms with Gasteiger partial charge in [-0.25, -0.2) is 14.8 Å². The van der Waals surface area contributed by atoms with E-state index in [0.29, 0.717) is 56.2 Å². The number of amides is 2. The summed E-state index contributed by atoms with van der Waals surface area (Å²) >= 11 is 0. The Morgan fingerprint density at radius 1 is 1.21 bits per heavy atom. The molecule has 2 fully saturated rings. The average molecular weight is 401 g/mol. The summed E-state index contributed by atoms with van der Waals surface area (Å²) in [4.78, 5) is 25.7. The van der Waals surface area contributed by atoms with Crippen LogP contribution >= 0.6 is 0 Å². The third-order valence-corrected chi connectivity index (χ3v) is 5.58. The number of piperidine rings is 1. The quantitative estimate of drug-likeness (QED) is 0.810. The van der Waals surface area contributed by atoms with Gasteiger partial charge in [0, 0.05) is 26.2 Å². The molecular formula is C20H27N5O4. The number of anilines is 2. The van der Waals surface area contributed by atoms with Crippen molar-refractivity contribution in [3.05, 3.63) is 18.3 Å². The molecule has 0 bridgehead atoms. The molecule has 0 saturated carbocycles. The molecule has 2 saturated heterocycles. The van der Waals surface area contributed by atoms with Crippen LogP contribution < -0.4 is 15.0 Å². The molecule has 2 amide bonds. The Kier molecular flexibility index (Phi) is 5.42. The fraction of sp³-hybridized carbons (Fsp3) is 0.550. The van der Waals surface area contributed by atoms with Crippen molar-refractivity contribution in [1.82, 2.24) is 14.9 Å². The SMILES string of the molecule is COc1ccc(N2CCOCC2)c2ncc(NC(=O)N3CCC(C)(O)CC3)nc12. The van der Waals surface area contributed by atoms with Crippen molar-refractivity contribution >= 4 is 28.6 Å². The normalized spacial score (nSPS) is 19.3. The number of urea groups is 1. The smallest absolute Gasteiger partial charge is 0.323 e. The van der Waals surface area contributed by atoms with Crippen LogP contribution in [-0.4, -0.2) is 78.1 Å². The Bertz CT molecular complexity index is 888. The first kappa shape index (κ1) is 19.7. The lowest BCUT2D eigenvalue weighted by Crippen LogP contribution is -2.46. The number of methoxy groups -OCH3 is 1. The summed E-state index contributed by atoms with van der Waals surface area (Å²) in [5.41, 5.74) is 1.62. The van der Waals surface area contributed by atoms with Gasteiger partial charge in [-0.2, -0.15) is 0 Å². The Morgan fingerprint density at radius 2 is 1.93 bits per heavy atom. The van der Waals surface area contributed by atoms with Gasteiger partial charge in [-0.15, -0.1) is 0 Å². The van der Waals surface area contributed by atoms with E-state index in [9.17, 15) is 9.90 Å². The van der Waals surface area contributed by atoms with E-state index in [1.807, 2.05) is 12.1 Å². The van der Waals surface area contributed by atoms with E-state index >= 15 is 0 Å². The molecule has 2 N–H and O–H groups in total. The highest BCUT2D eigenvalue weighted by atomic mass is 16.5. The molecule has 0 radical (unpaired) electrons. The third kappa shape index (κ3) is 4.20. The van der Waals surface area contributed by atoms with Crippen LogP contribution in [0.15, 0.2) is 18.3 Å². The maximum Gasteiger partial charge on any atom is 0.323 e. The Hall–Kier alpha value is -2.65. The van der Waals surface area contributed by atoms with Crippen LogP contribution in [0.25, 0.3) is 11.0 Å². The number of nitrogens with zero attached hydrogens (tertiary/aromatic N) is 4. The first-order chi connectivity index (χ1) is 14.0. The molecule has 29 heavy (non-hydrogen) atoms. The summed E-state index contributed by atoms with van der Waals surface area (Å²) in [7, 11) is 1.59. The molecule has 156 valence electrons. The lowest BCUT2D eigenvalue weighted by atomic mass is 9.94. The summed E-state index contributed by atoms with van der Waals surface area (Å²) in [5, 5.41) is 12.9. The summed E-state index contributed by atoms with van der Waals surface area (Å²) < 4.78 is 10.9. The van der Waals surface area contributed by atoms with Gasteiger partial charge in [-0.1, -0.05) is 0 Å². The lowest BCUT2D eigenvalue weighted by molar-refractivity contribution is 0.00569. The zero-order valence-electron chi connectivity index (χ0n) is 16.8. The number of carbonyl (C=O) groups excluding carboxylic acids is 1. The van der Waals surface area contributed by atoms with Crippen LogP contribution in [0.2, 0.25) is 0 Å². The standard InChI is InChI=1S/C20H27N5O4/c1-20(27)5-7-25(8-6-20)19(26)23-16-13-21-17-14(24-9-11-29-12-10-24)3-4-15(28-2)18(17)22-16/h3-4,13,27H,5-12H2,1-2H3,(H,22,23,26). The highest BCUT2D eigenvalue weighted by Crippen LogP contribution is 2.32. The first-order valence-electron chi connectivity index (χ1n) is 9.92. The second-order valence-electron chi connectivity index (χ2n) is 7.75. The number of benzene rings is 1. The first-order valence-corrected chi connectivity index (χ1v) is 9.92. The molecule has 1 aromatic heterocycles. The summed E-state index contributed by atoms with van der Waals surface area (Å²) in [6, 6.07) is 3.62. The minimum Gasteiger partial charge on any atom is -0.494 e. The summed E-state index contributed by atoms with van der Waals surface area (Å²) in [5.74, 6) is 0.979. The monoisotopic (exact) mass is 401 g/mol. The van der Waals surface area contributed by atoms with E-state index < -0.39 is 5.60 Å². The van der Waals surface area contributed by atoms with Gasteiger partial charge in [-0.05, 0) is 31.9 Å². The zero-order valence-corrected chi connectivity index (χ0v) is 16.8. The van der Waals surface area contributed by atoms with Crippen LogP contribution in [0.5, 0.6) is 5.75 Å². The summed E-state index contributed by atoms with van der Waals surface area (Å²) in [6.45, 7) is 5.75. The number of ether oxygens (including phenoxy) is 2. The molecule has 2 aliphatic rings. The van der Waals surface area contributed by atoms with E-state index in [2.05, 4.69) is 20.2 Å². The van der Waals surface area contributed by atoms with Crippen molar-refractivity contribution < 1.29 is 19.4 Å². The van der Waals surface area contributed by atoms with Crippen molar-refractivity contribution in [2.24, 2.45) is 0 Å². The molecule has 2 aliphatic heterocycles. The number of aromatic nitrogens is 2. The average Bonchev–Trinajstić information content (AvgIpc) is 2.73. The maximum absolute atomic E-state index is 12.6. The molecule has 1 aromatic carbocycles. The number of fused-ring (bicyclic) bond motifs is 1. The van der Waals surface area contributed by atoms with E-state index in [0.717, 1.165) is 24.3 Å². The van der Waals surface area contributed by atoms with E-state index in [1.165, 1.54) is 0 Å². The molecule has 0 aliphatic carbocycles. The highest BCUT2D eigenvalue weighted by Gasteiger charge is 2.29. The van der Waals surface area contributed by atoms with Gasteiger partial charge >= 0.3 is 6.03 Å². The van der Waals surface area contributed by atoms with Gasteiger partial charge in [0.25, 0.3) is 0 Å². The van der Waals surface area contributed by atoms with Gasteiger partial charge in [0.15, 0.2) is 5.82 Å². The van der Waals surface area contributed by atoms with Crippen molar-refractivity contribution in [3.8, 4) is 5.75 Å². The minimum absolute atomic E-state index is 0.238. The predicted molar refractivity (Wildman–Crippen MR) is 110 cm³/mol. The molecule has 4 rings (SSSR count). The van der Waals surface area contributed by atoms with Crippen molar-refractivity contribution in [2.45, 2.75) is 25.4 Å². The van der Waals surface area contributed by atoms with E-state index in [4.69, 9.17) is 9.47 Å². The van der Waals surface area contributed by atoms with Gasteiger partial charge < -0.3 is 24.4 Å². The zero-order chi connectivity index (χ0) is 20.4. The number of hydrogen-bond donors (Lipinski definition) is 2. The second-order valence-corrected chi connectivity index (χ2v) is 7.75. The highest BCUT2D eigenvalue weighted by molar-refractivity contribution is 5.95. The number of morpholine rings is 1. The summed E-state index contributed by atoms with van der Waals surface area (Å²) in [6.07, 6.45) is 2.69. The number of likely N-dealkylation sites (tertiary alicyclic amines) is 1. The number of aliphatic hydroxyl groups is 1. The molecule has 0 atom stereocenters. The van der Waals surface area contributed by atoms with Crippen LogP contribution in [0.1, 0.15) is 19.8 Å². The maximum atomic E-state index is 12.6. The van der Waals surface area contributed by atoms with E-state index in [-0.39, 0.29) is 6.03 Å². The van der Waals surface area contributed by atoms with Crippen LogP contribution in [0, 0.1) is 0 Å². The van der Waals surface area contributed by atoms with Gasteiger partial charge in [0.1, 0.15) is 16.8 Å². The van der Waals surface area contributed by atoms with Crippen molar-refractivity contribution in [3.63, 3.8) is 0 Å². The number of hydrogen-bond acceptors (Lipinski definition) is 7. The largest absolute Gasteiger partial charge is 0.494 e. The molecule has 2 aromatic rings. The van der Waals surface area contributed by atoms with Crippen molar-refractivity contribution in [2.75, 3.05) is 56.7 Å². The fourth-order valence-electron chi connectivity index (χ4n) is 3.73. The fourth-order valence-corrected chi connectivity index (χ4v) is 3.73. The van der Waals surface area contributed by atoms with Crippen LogP contribution in [0.4, 0.5) is 16.3 Å². The minimum atomic E-state index is -0.706. The van der Waals surface area contributed by atoms with Gasteiger partial charge in [0.2, 0.25) is 0 Å². The number of rotatable bonds is 3. The molecule has 9 nitrogen and oxygen atoms in total. The lowest BCUT2D eigenvalue weighted by Gasteiger charge is -2.35. The van der Waals surface area contributed by atoms with Gasteiger partial charge in [-0.3, -0.25) is 5.32 Å². The molecule has 9 heteroatoms. The Morgan fingerprint density at radius 3 is 2.62 bits per heavy atom. The molecular weight excluding hydrogens is 374 g/mol. The topological polar surface area (TPSA) is 100 Å². The van der Waals surface area contributed by atoms with Crippen LogP contribution in [-0.2, 0) is 4.74 Å². The van der Waals surface area contributed by atoms with Crippen molar-refractivity contribution in [1.29, 1.82) is 0 Å². The molecule has 0 spiro atoms. The second kappa shape index (κ2) is 8.00. The van der Waals surface area contributed by atoms with E-state index in [1.54, 1.807) is 25.1 Å². The predicted octanol–water partition coefficient (Wildman–Crippen LogP) is 1.85. The number of nitrogens with one attached hydrogen (secondary N) is 1. The Balaban J connectivity index is 1.57. The molecule has 0 unspecified atom stereocenters. The molecule has 3 heterocycles.